The number of aromatic nitrogens is 1. The van der Waals surface area contributed by atoms with Gasteiger partial charge in [0.1, 0.15) is 16.6 Å². The summed E-state index contributed by atoms with van der Waals surface area (Å²) < 4.78 is 54.2. The van der Waals surface area contributed by atoms with Crippen molar-refractivity contribution in [2.24, 2.45) is 0 Å². The molecule has 3 rings (SSSR count). The van der Waals surface area contributed by atoms with Crippen molar-refractivity contribution in [1.29, 1.82) is 0 Å². The van der Waals surface area contributed by atoms with Gasteiger partial charge in [-0.25, -0.2) is 26.9 Å². The third-order valence-electron chi connectivity index (χ3n) is 3.61. The number of hydrogen-bond acceptors (Lipinski definition) is 4. The summed E-state index contributed by atoms with van der Waals surface area (Å²) in [5, 5.41) is 1.17. The fraction of sp³-hybridized carbons (Fsp3) is 0.118. The molecule has 0 saturated heterocycles. The standard InChI is InChI=1S/C17H13ClF2N2O2S2/c1-10-15(25-17(22-10)11-5-2-3-6-12(11)18)9-21-26(23,24)16-13(19)7-4-8-14(16)20/h2-8,21H,9H2,1H3. The summed E-state index contributed by atoms with van der Waals surface area (Å²) in [5.74, 6) is -2.29. The van der Waals surface area contributed by atoms with Crippen LogP contribution in [0.2, 0.25) is 5.02 Å². The fourth-order valence-electron chi connectivity index (χ4n) is 2.31. The summed E-state index contributed by atoms with van der Waals surface area (Å²) in [4.78, 5) is 4.03. The van der Waals surface area contributed by atoms with Crippen molar-refractivity contribution in [3.8, 4) is 10.6 Å². The van der Waals surface area contributed by atoms with E-state index in [2.05, 4.69) is 9.71 Å². The van der Waals surface area contributed by atoms with Crippen LogP contribution < -0.4 is 4.72 Å². The minimum atomic E-state index is -4.35. The van der Waals surface area contributed by atoms with Crippen molar-refractivity contribution < 1.29 is 17.2 Å². The van der Waals surface area contributed by atoms with E-state index in [1.54, 1.807) is 19.1 Å². The van der Waals surface area contributed by atoms with Crippen molar-refractivity contribution in [3.05, 3.63) is 69.7 Å². The van der Waals surface area contributed by atoms with E-state index < -0.39 is 26.6 Å². The second-order valence-corrected chi connectivity index (χ2v) is 8.58. The normalized spacial score (nSPS) is 11.7. The van der Waals surface area contributed by atoms with E-state index in [4.69, 9.17) is 11.6 Å². The number of sulfonamides is 1. The molecule has 0 unspecified atom stereocenters. The molecule has 0 spiro atoms. The van der Waals surface area contributed by atoms with Crippen LogP contribution in [0.5, 0.6) is 0 Å². The molecule has 0 aliphatic heterocycles. The number of halogens is 3. The van der Waals surface area contributed by atoms with Gasteiger partial charge in [-0.2, -0.15) is 0 Å². The second kappa shape index (κ2) is 7.40. The minimum Gasteiger partial charge on any atom is -0.241 e. The molecule has 0 amide bonds. The lowest BCUT2D eigenvalue weighted by Gasteiger charge is -2.08. The Labute approximate surface area is 158 Å². The Morgan fingerprint density at radius 1 is 1.12 bits per heavy atom. The number of nitrogens with zero attached hydrogens (tertiary/aromatic N) is 1. The van der Waals surface area contributed by atoms with E-state index in [0.29, 0.717) is 20.6 Å². The molecule has 0 aliphatic rings. The lowest BCUT2D eigenvalue weighted by atomic mass is 10.2. The lowest BCUT2D eigenvalue weighted by Crippen LogP contribution is -2.25. The highest BCUT2D eigenvalue weighted by Gasteiger charge is 2.24. The van der Waals surface area contributed by atoms with Gasteiger partial charge < -0.3 is 0 Å². The van der Waals surface area contributed by atoms with Crippen LogP contribution in [0, 0.1) is 18.6 Å². The molecule has 1 N–H and O–H groups in total. The number of rotatable bonds is 5. The van der Waals surface area contributed by atoms with Crippen molar-refractivity contribution in [2.45, 2.75) is 18.4 Å². The van der Waals surface area contributed by atoms with Crippen molar-refractivity contribution in [3.63, 3.8) is 0 Å². The molecular formula is C17H13ClF2N2O2S2. The number of benzene rings is 2. The Bertz CT molecular complexity index is 1050. The molecule has 9 heteroatoms. The lowest BCUT2D eigenvalue weighted by molar-refractivity contribution is 0.514. The molecule has 1 aromatic heterocycles. The maximum Gasteiger partial charge on any atom is 0.246 e. The SMILES string of the molecule is Cc1nc(-c2ccccc2Cl)sc1CNS(=O)(=O)c1c(F)cccc1F. The molecule has 26 heavy (non-hydrogen) atoms. The number of aryl methyl sites for hydroxylation is 1. The molecule has 2 aromatic carbocycles. The van der Waals surface area contributed by atoms with Crippen LogP contribution in [0.1, 0.15) is 10.6 Å². The molecule has 0 fully saturated rings. The monoisotopic (exact) mass is 414 g/mol. The smallest absolute Gasteiger partial charge is 0.241 e. The Kier molecular flexibility index (Phi) is 5.38. The Hall–Kier alpha value is -1.87. The quantitative estimate of drug-likeness (QED) is 0.667. The molecule has 1 heterocycles. The third-order valence-corrected chi connectivity index (χ3v) is 6.58. The van der Waals surface area contributed by atoms with Crippen LogP contribution in [-0.4, -0.2) is 13.4 Å². The van der Waals surface area contributed by atoms with Crippen LogP contribution in [0.4, 0.5) is 8.78 Å². The van der Waals surface area contributed by atoms with Crippen LogP contribution in [0.25, 0.3) is 10.6 Å². The maximum atomic E-state index is 13.7. The van der Waals surface area contributed by atoms with Gasteiger partial charge in [0.2, 0.25) is 10.0 Å². The zero-order chi connectivity index (χ0) is 18.9. The summed E-state index contributed by atoms with van der Waals surface area (Å²) in [7, 11) is -4.35. The van der Waals surface area contributed by atoms with Gasteiger partial charge in [-0.05, 0) is 25.1 Å². The van der Waals surface area contributed by atoms with Gasteiger partial charge in [0.15, 0.2) is 4.90 Å². The van der Waals surface area contributed by atoms with E-state index in [0.717, 1.165) is 23.8 Å². The van der Waals surface area contributed by atoms with Gasteiger partial charge in [0, 0.05) is 17.0 Å². The zero-order valence-corrected chi connectivity index (χ0v) is 15.9. The summed E-state index contributed by atoms with van der Waals surface area (Å²) >= 11 is 7.42. The average molecular weight is 415 g/mol. The predicted octanol–water partition coefficient (Wildman–Crippen LogP) is 4.53. The molecule has 0 bridgehead atoms. The predicted molar refractivity (Wildman–Crippen MR) is 97.7 cm³/mol. The average Bonchev–Trinajstić information content (AvgIpc) is 2.94. The van der Waals surface area contributed by atoms with E-state index in [1.807, 2.05) is 12.1 Å². The highest BCUT2D eigenvalue weighted by atomic mass is 35.5. The summed E-state index contributed by atoms with van der Waals surface area (Å²) in [5.41, 5.74) is 1.35. The second-order valence-electron chi connectivity index (χ2n) is 5.38. The number of hydrogen-bond donors (Lipinski definition) is 1. The maximum absolute atomic E-state index is 13.7. The first kappa shape index (κ1) is 18.9. The zero-order valence-electron chi connectivity index (χ0n) is 13.5. The van der Waals surface area contributed by atoms with Gasteiger partial charge in [0.25, 0.3) is 0 Å². The molecular weight excluding hydrogens is 402 g/mol. The molecule has 0 aliphatic carbocycles. The summed E-state index contributed by atoms with van der Waals surface area (Å²) in [6, 6.07) is 10.1. The first-order valence-electron chi connectivity index (χ1n) is 7.44. The van der Waals surface area contributed by atoms with E-state index in [-0.39, 0.29) is 6.54 Å². The highest BCUT2D eigenvalue weighted by Crippen LogP contribution is 2.32. The molecule has 0 atom stereocenters. The van der Waals surface area contributed by atoms with Crippen molar-refractivity contribution in [2.75, 3.05) is 0 Å². The first-order chi connectivity index (χ1) is 12.3. The van der Waals surface area contributed by atoms with Gasteiger partial charge in [-0.1, -0.05) is 35.9 Å². The van der Waals surface area contributed by atoms with Gasteiger partial charge in [-0.15, -0.1) is 11.3 Å². The van der Waals surface area contributed by atoms with Crippen LogP contribution in [0.3, 0.4) is 0 Å². The van der Waals surface area contributed by atoms with Crippen molar-refractivity contribution >= 4 is 33.0 Å². The largest absolute Gasteiger partial charge is 0.246 e. The number of thiazole rings is 1. The van der Waals surface area contributed by atoms with Crippen molar-refractivity contribution in [1.82, 2.24) is 9.71 Å². The third kappa shape index (κ3) is 3.78. The molecule has 0 radical (unpaired) electrons. The van der Waals surface area contributed by atoms with E-state index >= 15 is 0 Å². The van der Waals surface area contributed by atoms with Gasteiger partial charge in [0.05, 0.1) is 10.7 Å². The van der Waals surface area contributed by atoms with Crippen LogP contribution >= 0.6 is 22.9 Å². The number of nitrogens with one attached hydrogen (secondary N) is 1. The van der Waals surface area contributed by atoms with Gasteiger partial charge in [-0.3, -0.25) is 0 Å². The van der Waals surface area contributed by atoms with Gasteiger partial charge >= 0.3 is 0 Å². The van der Waals surface area contributed by atoms with E-state index in [9.17, 15) is 17.2 Å². The molecule has 0 saturated carbocycles. The first-order valence-corrected chi connectivity index (χ1v) is 10.1. The summed E-state index contributed by atoms with van der Waals surface area (Å²) in [6.07, 6.45) is 0. The fourth-order valence-corrected chi connectivity index (χ4v) is 4.86. The van der Waals surface area contributed by atoms with Crippen LogP contribution in [0.15, 0.2) is 47.4 Å². The Morgan fingerprint density at radius 2 is 1.77 bits per heavy atom. The summed E-state index contributed by atoms with van der Waals surface area (Å²) in [6.45, 7) is 1.59. The molecule has 3 aromatic rings. The molecule has 4 nitrogen and oxygen atoms in total. The Balaban J connectivity index is 1.86. The minimum absolute atomic E-state index is 0.135. The highest BCUT2D eigenvalue weighted by molar-refractivity contribution is 7.89. The van der Waals surface area contributed by atoms with Crippen LogP contribution in [-0.2, 0) is 16.6 Å². The van der Waals surface area contributed by atoms with E-state index in [1.165, 1.54) is 11.3 Å². The Morgan fingerprint density at radius 3 is 2.42 bits per heavy atom. The topological polar surface area (TPSA) is 59.1 Å². The molecule has 136 valence electrons.